The van der Waals surface area contributed by atoms with Gasteiger partial charge in [0, 0.05) is 24.7 Å². The zero-order chi connectivity index (χ0) is 13.7. The number of carbonyl (C=O) groups excluding carboxylic acids is 1. The minimum absolute atomic E-state index is 0.0794. The Hall–Kier alpha value is -1.52. The van der Waals surface area contributed by atoms with Gasteiger partial charge < -0.3 is 9.88 Å². The summed E-state index contributed by atoms with van der Waals surface area (Å²) in [5.41, 5.74) is 1.37. The summed E-state index contributed by atoms with van der Waals surface area (Å²) in [6, 6.07) is 5.37. The van der Waals surface area contributed by atoms with Crippen LogP contribution >= 0.6 is 23.2 Å². The molecule has 0 fully saturated rings. The van der Waals surface area contributed by atoms with Gasteiger partial charge in [-0.2, -0.15) is 0 Å². The number of halogens is 2. The predicted octanol–water partition coefficient (Wildman–Crippen LogP) is 3.48. The van der Waals surface area contributed by atoms with Gasteiger partial charge in [0.15, 0.2) is 0 Å². The van der Waals surface area contributed by atoms with Crippen LogP contribution in [0.25, 0.3) is 5.69 Å². The third-order valence-electron chi connectivity index (χ3n) is 2.56. The van der Waals surface area contributed by atoms with Gasteiger partial charge in [0.05, 0.1) is 22.7 Å². The van der Waals surface area contributed by atoms with Crippen molar-refractivity contribution in [3.8, 4) is 5.69 Å². The normalized spacial score (nSPS) is 10.4. The Balaban J connectivity index is 2.26. The number of nitrogens with zero attached hydrogens (tertiary/aromatic N) is 2. The second kappa shape index (κ2) is 6.59. The number of nitrogens with one attached hydrogen (secondary N) is 1. The summed E-state index contributed by atoms with van der Waals surface area (Å²) in [4.78, 5) is 15.8. The molecule has 19 heavy (non-hydrogen) atoms. The second-order valence-electron chi connectivity index (χ2n) is 3.95. The van der Waals surface area contributed by atoms with Crippen molar-refractivity contribution in [2.75, 3.05) is 11.2 Å². The highest BCUT2D eigenvalue weighted by Crippen LogP contribution is 2.28. The molecule has 0 saturated heterocycles. The third-order valence-corrected chi connectivity index (χ3v) is 3.13. The van der Waals surface area contributed by atoms with Crippen LogP contribution in [0.4, 0.5) is 5.69 Å². The highest BCUT2D eigenvalue weighted by atomic mass is 35.5. The van der Waals surface area contributed by atoms with Crippen molar-refractivity contribution in [2.45, 2.75) is 12.8 Å². The quantitative estimate of drug-likeness (QED) is 0.859. The van der Waals surface area contributed by atoms with E-state index in [1.54, 1.807) is 41.5 Å². The van der Waals surface area contributed by atoms with Crippen LogP contribution in [0.5, 0.6) is 0 Å². The molecule has 2 aromatic rings. The van der Waals surface area contributed by atoms with E-state index in [9.17, 15) is 4.79 Å². The van der Waals surface area contributed by atoms with Crippen LogP contribution in [0, 0.1) is 0 Å². The van der Waals surface area contributed by atoms with Crippen LogP contribution < -0.4 is 5.32 Å². The summed E-state index contributed by atoms with van der Waals surface area (Å²) in [5.74, 6) is 0.390. The van der Waals surface area contributed by atoms with Gasteiger partial charge in [0.2, 0.25) is 5.91 Å². The Labute approximate surface area is 121 Å². The molecule has 1 aromatic carbocycles. The van der Waals surface area contributed by atoms with Crippen LogP contribution in [0.2, 0.25) is 5.02 Å². The Morgan fingerprint density at radius 1 is 1.42 bits per heavy atom. The molecule has 0 atom stereocenters. The van der Waals surface area contributed by atoms with Crippen molar-refractivity contribution >= 4 is 34.8 Å². The van der Waals surface area contributed by atoms with E-state index in [1.807, 2.05) is 0 Å². The molecule has 1 heterocycles. The van der Waals surface area contributed by atoms with Gasteiger partial charge in [0.1, 0.15) is 0 Å². The minimum atomic E-state index is -0.0794. The molecule has 1 N–H and O–H groups in total. The van der Waals surface area contributed by atoms with Gasteiger partial charge in [-0.25, -0.2) is 4.98 Å². The van der Waals surface area contributed by atoms with Gasteiger partial charge in [0.25, 0.3) is 0 Å². The topological polar surface area (TPSA) is 46.9 Å². The average Bonchev–Trinajstić information content (AvgIpc) is 2.90. The molecule has 0 saturated carbocycles. The molecule has 0 bridgehead atoms. The standard InChI is InChI=1S/C13H13Cl2N3O/c14-6-2-5-12(19)17-11-4-1-3-10(15)13(11)18-8-7-16-9-18/h1,3-4,7-9H,2,5-6H2,(H,17,19). The molecular weight excluding hydrogens is 285 g/mol. The number of rotatable bonds is 5. The lowest BCUT2D eigenvalue weighted by Gasteiger charge is -2.13. The largest absolute Gasteiger partial charge is 0.324 e. The van der Waals surface area contributed by atoms with Crippen molar-refractivity contribution in [2.24, 2.45) is 0 Å². The van der Waals surface area contributed by atoms with E-state index < -0.39 is 0 Å². The number of hydrogen-bond acceptors (Lipinski definition) is 2. The fraction of sp³-hybridized carbons (Fsp3) is 0.231. The Morgan fingerprint density at radius 3 is 2.95 bits per heavy atom. The van der Waals surface area contributed by atoms with Gasteiger partial charge in [-0.1, -0.05) is 17.7 Å². The summed E-state index contributed by atoms with van der Waals surface area (Å²) in [7, 11) is 0. The monoisotopic (exact) mass is 297 g/mol. The number of imidazole rings is 1. The number of amides is 1. The molecular formula is C13H13Cl2N3O. The smallest absolute Gasteiger partial charge is 0.224 e. The summed E-state index contributed by atoms with van der Waals surface area (Å²) in [6.07, 6.45) is 6.10. The highest BCUT2D eigenvalue weighted by molar-refractivity contribution is 6.33. The fourth-order valence-corrected chi connectivity index (χ4v) is 2.12. The first kappa shape index (κ1) is 13.9. The van der Waals surface area contributed by atoms with Crippen LogP contribution in [0.3, 0.4) is 0 Å². The van der Waals surface area contributed by atoms with E-state index in [2.05, 4.69) is 10.3 Å². The molecule has 1 amide bonds. The molecule has 100 valence electrons. The molecule has 2 rings (SSSR count). The molecule has 0 aliphatic heterocycles. The summed E-state index contributed by atoms with van der Waals surface area (Å²) in [5, 5.41) is 3.39. The lowest BCUT2D eigenvalue weighted by Crippen LogP contribution is -2.13. The van der Waals surface area contributed by atoms with E-state index in [-0.39, 0.29) is 5.91 Å². The zero-order valence-electron chi connectivity index (χ0n) is 10.1. The Bertz CT molecular complexity index is 555. The Kier molecular flexibility index (Phi) is 4.82. The number of benzene rings is 1. The third kappa shape index (κ3) is 3.49. The number of para-hydroxylation sites is 1. The average molecular weight is 298 g/mol. The van der Waals surface area contributed by atoms with Crippen molar-refractivity contribution in [1.82, 2.24) is 9.55 Å². The number of anilines is 1. The lowest BCUT2D eigenvalue weighted by atomic mass is 10.2. The van der Waals surface area contributed by atoms with E-state index in [4.69, 9.17) is 23.2 Å². The Morgan fingerprint density at radius 2 is 2.26 bits per heavy atom. The van der Waals surface area contributed by atoms with Gasteiger partial charge >= 0.3 is 0 Å². The van der Waals surface area contributed by atoms with E-state index in [0.29, 0.717) is 35.1 Å². The summed E-state index contributed by atoms with van der Waals surface area (Å²) in [6.45, 7) is 0. The van der Waals surface area contributed by atoms with Crippen molar-refractivity contribution in [3.63, 3.8) is 0 Å². The van der Waals surface area contributed by atoms with E-state index >= 15 is 0 Å². The predicted molar refractivity (Wildman–Crippen MR) is 77.2 cm³/mol. The first-order chi connectivity index (χ1) is 9.22. The fourth-order valence-electron chi connectivity index (χ4n) is 1.71. The minimum Gasteiger partial charge on any atom is -0.324 e. The summed E-state index contributed by atoms with van der Waals surface area (Å²) < 4.78 is 1.76. The van der Waals surface area contributed by atoms with Crippen molar-refractivity contribution in [3.05, 3.63) is 41.9 Å². The van der Waals surface area contributed by atoms with E-state index in [1.165, 1.54) is 0 Å². The molecule has 0 unspecified atom stereocenters. The molecule has 0 aliphatic rings. The highest BCUT2D eigenvalue weighted by Gasteiger charge is 2.11. The van der Waals surface area contributed by atoms with Crippen molar-refractivity contribution in [1.29, 1.82) is 0 Å². The molecule has 1 aromatic heterocycles. The molecule has 0 aliphatic carbocycles. The molecule has 0 radical (unpaired) electrons. The zero-order valence-corrected chi connectivity index (χ0v) is 11.7. The second-order valence-corrected chi connectivity index (χ2v) is 4.73. The molecule has 4 nitrogen and oxygen atoms in total. The van der Waals surface area contributed by atoms with E-state index in [0.717, 1.165) is 0 Å². The summed E-state index contributed by atoms with van der Waals surface area (Å²) >= 11 is 11.8. The molecule has 6 heteroatoms. The van der Waals surface area contributed by atoms with Crippen molar-refractivity contribution < 1.29 is 4.79 Å². The van der Waals surface area contributed by atoms with Gasteiger partial charge in [-0.15, -0.1) is 11.6 Å². The maximum Gasteiger partial charge on any atom is 0.224 e. The number of hydrogen-bond donors (Lipinski definition) is 1. The number of alkyl halides is 1. The first-order valence-electron chi connectivity index (χ1n) is 5.85. The molecule has 0 spiro atoms. The maximum atomic E-state index is 11.8. The van der Waals surface area contributed by atoms with Gasteiger partial charge in [-0.3, -0.25) is 4.79 Å². The SMILES string of the molecule is O=C(CCCCl)Nc1cccc(Cl)c1-n1ccnc1. The lowest BCUT2D eigenvalue weighted by molar-refractivity contribution is -0.116. The first-order valence-corrected chi connectivity index (χ1v) is 6.76. The van der Waals surface area contributed by atoms with Gasteiger partial charge in [-0.05, 0) is 18.6 Å². The number of carbonyl (C=O) groups is 1. The maximum absolute atomic E-state index is 11.8. The van der Waals surface area contributed by atoms with Crippen LogP contribution in [0.1, 0.15) is 12.8 Å². The number of aromatic nitrogens is 2. The van der Waals surface area contributed by atoms with Crippen LogP contribution in [-0.4, -0.2) is 21.3 Å². The van der Waals surface area contributed by atoms with Crippen LogP contribution in [0.15, 0.2) is 36.9 Å². The van der Waals surface area contributed by atoms with Crippen LogP contribution in [-0.2, 0) is 4.79 Å².